The second-order valence-electron chi connectivity index (χ2n) is 4.75. The summed E-state index contributed by atoms with van der Waals surface area (Å²) in [5.41, 5.74) is -0.576. The van der Waals surface area contributed by atoms with E-state index in [0.717, 1.165) is 12.8 Å². The standard InChI is InChI=1S/C12H24O3/c1-6-10(7-2)11(14)15-12(4,5)8-9(3)13/h9-10,13H,6-8H2,1-5H3. The van der Waals surface area contributed by atoms with E-state index in [9.17, 15) is 9.90 Å². The Labute approximate surface area is 92.8 Å². The van der Waals surface area contributed by atoms with Gasteiger partial charge in [0, 0.05) is 6.42 Å². The number of carbonyl (C=O) groups excluding carboxylic acids is 1. The van der Waals surface area contributed by atoms with Gasteiger partial charge in [-0.15, -0.1) is 0 Å². The van der Waals surface area contributed by atoms with E-state index in [-0.39, 0.29) is 11.9 Å². The smallest absolute Gasteiger partial charge is 0.309 e. The first kappa shape index (κ1) is 14.4. The minimum atomic E-state index is -0.576. The van der Waals surface area contributed by atoms with E-state index in [1.807, 2.05) is 27.7 Å². The Morgan fingerprint density at radius 3 is 2.13 bits per heavy atom. The fraction of sp³-hybridized carbons (Fsp3) is 0.917. The zero-order valence-corrected chi connectivity index (χ0v) is 10.5. The second-order valence-corrected chi connectivity index (χ2v) is 4.75. The Balaban J connectivity index is 4.25. The highest BCUT2D eigenvalue weighted by molar-refractivity contribution is 5.72. The van der Waals surface area contributed by atoms with Gasteiger partial charge >= 0.3 is 5.97 Å². The molecule has 0 aromatic carbocycles. The molecule has 0 saturated carbocycles. The number of hydrogen-bond acceptors (Lipinski definition) is 3. The van der Waals surface area contributed by atoms with Crippen molar-refractivity contribution in [1.82, 2.24) is 0 Å². The zero-order chi connectivity index (χ0) is 12.1. The highest BCUT2D eigenvalue weighted by Crippen LogP contribution is 2.21. The molecule has 1 unspecified atom stereocenters. The van der Waals surface area contributed by atoms with Crippen LogP contribution in [0.5, 0.6) is 0 Å². The normalized spacial score (nSPS) is 14.1. The van der Waals surface area contributed by atoms with Gasteiger partial charge in [-0.3, -0.25) is 4.79 Å². The van der Waals surface area contributed by atoms with Crippen molar-refractivity contribution in [2.45, 2.75) is 65.6 Å². The number of hydrogen-bond donors (Lipinski definition) is 1. The summed E-state index contributed by atoms with van der Waals surface area (Å²) in [6.07, 6.45) is 1.63. The summed E-state index contributed by atoms with van der Waals surface area (Å²) in [6, 6.07) is 0. The highest BCUT2D eigenvalue weighted by Gasteiger charge is 2.27. The van der Waals surface area contributed by atoms with E-state index >= 15 is 0 Å². The Morgan fingerprint density at radius 2 is 1.80 bits per heavy atom. The van der Waals surface area contributed by atoms with Crippen LogP contribution in [0.3, 0.4) is 0 Å². The van der Waals surface area contributed by atoms with Crippen LogP contribution in [0.15, 0.2) is 0 Å². The van der Waals surface area contributed by atoms with Gasteiger partial charge in [0.15, 0.2) is 0 Å². The monoisotopic (exact) mass is 216 g/mol. The molecule has 0 fully saturated rings. The summed E-state index contributed by atoms with van der Waals surface area (Å²) in [5, 5.41) is 9.26. The third kappa shape index (κ3) is 5.78. The molecule has 0 spiro atoms. The maximum atomic E-state index is 11.7. The minimum Gasteiger partial charge on any atom is -0.459 e. The van der Waals surface area contributed by atoms with E-state index in [4.69, 9.17) is 4.74 Å². The van der Waals surface area contributed by atoms with Crippen LogP contribution in [-0.2, 0) is 9.53 Å². The van der Waals surface area contributed by atoms with Gasteiger partial charge in [-0.25, -0.2) is 0 Å². The van der Waals surface area contributed by atoms with Gasteiger partial charge in [-0.2, -0.15) is 0 Å². The number of rotatable bonds is 6. The summed E-state index contributed by atoms with van der Waals surface area (Å²) in [6.45, 7) is 9.33. The van der Waals surface area contributed by atoms with Crippen molar-refractivity contribution in [1.29, 1.82) is 0 Å². The molecule has 3 nitrogen and oxygen atoms in total. The predicted octanol–water partition coefficient (Wildman–Crippen LogP) is 2.52. The van der Waals surface area contributed by atoms with E-state index < -0.39 is 11.7 Å². The van der Waals surface area contributed by atoms with E-state index in [1.165, 1.54) is 0 Å². The first-order valence-corrected chi connectivity index (χ1v) is 5.73. The Kier molecular flexibility index (Phi) is 5.88. The van der Waals surface area contributed by atoms with E-state index in [0.29, 0.717) is 6.42 Å². The number of aliphatic hydroxyl groups is 1. The van der Waals surface area contributed by atoms with Crippen LogP contribution in [0.4, 0.5) is 0 Å². The molecule has 0 aliphatic carbocycles. The topological polar surface area (TPSA) is 46.5 Å². The number of ether oxygens (including phenoxy) is 1. The number of carbonyl (C=O) groups is 1. The number of esters is 1. The average Bonchev–Trinajstić information content (AvgIpc) is 2.02. The van der Waals surface area contributed by atoms with Crippen molar-refractivity contribution < 1.29 is 14.6 Å². The molecule has 15 heavy (non-hydrogen) atoms. The van der Waals surface area contributed by atoms with Crippen LogP contribution < -0.4 is 0 Å². The average molecular weight is 216 g/mol. The molecule has 1 N–H and O–H groups in total. The lowest BCUT2D eigenvalue weighted by Gasteiger charge is -2.28. The quantitative estimate of drug-likeness (QED) is 0.694. The first-order chi connectivity index (χ1) is 6.82. The van der Waals surface area contributed by atoms with Gasteiger partial charge in [0.25, 0.3) is 0 Å². The molecule has 0 rings (SSSR count). The molecule has 1 atom stereocenters. The van der Waals surface area contributed by atoms with Crippen molar-refractivity contribution in [3.05, 3.63) is 0 Å². The Hall–Kier alpha value is -0.570. The van der Waals surface area contributed by atoms with E-state index in [1.54, 1.807) is 6.92 Å². The third-order valence-electron chi connectivity index (χ3n) is 2.48. The molecule has 0 aliphatic heterocycles. The van der Waals surface area contributed by atoms with Gasteiger partial charge < -0.3 is 9.84 Å². The lowest BCUT2D eigenvalue weighted by Crippen LogP contribution is -2.34. The van der Waals surface area contributed by atoms with E-state index in [2.05, 4.69) is 0 Å². The molecule has 0 radical (unpaired) electrons. The minimum absolute atomic E-state index is 0.0155. The van der Waals surface area contributed by atoms with Crippen molar-refractivity contribution in [2.24, 2.45) is 5.92 Å². The molecule has 0 aromatic heterocycles. The van der Waals surface area contributed by atoms with Gasteiger partial charge in [-0.05, 0) is 33.6 Å². The lowest BCUT2D eigenvalue weighted by molar-refractivity contribution is -0.164. The van der Waals surface area contributed by atoms with Gasteiger partial charge in [0.2, 0.25) is 0 Å². The molecule has 0 bridgehead atoms. The van der Waals surface area contributed by atoms with Crippen LogP contribution in [0.1, 0.15) is 53.9 Å². The molecule has 0 aliphatic rings. The Bertz CT molecular complexity index is 193. The van der Waals surface area contributed by atoms with Crippen molar-refractivity contribution in [3.8, 4) is 0 Å². The van der Waals surface area contributed by atoms with Crippen LogP contribution in [0.2, 0.25) is 0 Å². The fourth-order valence-corrected chi connectivity index (χ4v) is 1.73. The Morgan fingerprint density at radius 1 is 1.33 bits per heavy atom. The molecule has 0 aromatic rings. The van der Waals surface area contributed by atoms with Crippen LogP contribution in [-0.4, -0.2) is 22.8 Å². The molecule has 0 amide bonds. The van der Waals surface area contributed by atoms with Crippen LogP contribution in [0.25, 0.3) is 0 Å². The summed E-state index contributed by atoms with van der Waals surface area (Å²) in [5.74, 6) is -0.163. The second kappa shape index (κ2) is 6.11. The molecule has 3 heteroatoms. The van der Waals surface area contributed by atoms with Gasteiger partial charge in [0.1, 0.15) is 5.60 Å². The summed E-state index contributed by atoms with van der Waals surface area (Å²) < 4.78 is 5.39. The van der Waals surface area contributed by atoms with Crippen LogP contribution in [0, 0.1) is 5.92 Å². The van der Waals surface area contributed by atoms with Crippen molar-refractivity contribution in [2.75, 3.05) is 0 Å². The summed E-state index contributed by atoms with van der Waals surface area (Å²) in [4.78, 5) is 11.7. The maximum absolute atomic E-state index is 11.7. The first-order valence-electron chi connectivity index (χ1n) is 5.73. The zero-order valence-electron chi connectivity index (χ0n) is 10.5. The fourth-order valence-electron chi connectivity index (χ4n) is 1.73. The molecule has 0 heterocycles. The SMILES string of the molecule is CCC(CC)C(=O)OC(C)(C)CC(C)O. The lowest BCUT2D eigenvalue weighted by atomic mass is 9.99. The van der Waals surface area contributed by atoms with Gasteiger partial charge in [-0.1, -0.05) is 13.8 Å². The summed E-state index contributed by atoms with van der Waals surface area (Å²) >= 11 is 0. The van der Waals surface area contributed by atoms with Crippen LogP contribution >= 0.6 is 0 Å². The predicted molar refractivity (Wildman–Crippen MR) is 60.5 cm³/mol. The van der Waals surface area contributed by atoms with Crippen molar-refractivity contribution >= 4 is 5.97 Å². The third-order valence-corrected chi connectivity index (χ3v) is 2.48. The molecule has 90 valence electrons. The largest absolute Gasteiger partial charge is 0.459 e. The maximum Gasteiger partial charge on any atom is 0.309 e. The molecular formula is C12H24O3. The summed E-state index contributed by atoms with van der Waals surface area (Å²) in [7, 11) is 0. The number of aliphatic hydroxyl groups excluding tert-OH is 1. The van der Waals surface area contributed by atoms with Crippen molar-refractivity contribution in [3.63, 3.8) is 0 Å². The molecular weight excluding hydrogens is 192 g/mol. The molecule has 0 saturated heterocycles. The highest BCUT2D eigenvalue weighted by atomic mass is 16.6. The van der Waals surface area contributed by atoms with Gasteiger partial charge in [0.05, 0.1) is 12.0 Å².